The Hall–Kier alpha value is -3.21. The van der Waals surface area contributed by atoms with Crippen molar-refractivity contribution in [2.45, 2.75) is 82.6 Å². The molecule has 3 N–H and O–H groups in total. The number of amides is 3. The topological polar surface area (TPSA) is 118 Å². The first kappa shape index (κ1) is 26.7. The van der Waals surface area contributed by atoms with E-state index in [4.69, 9.17) is 4.74 Å². The number of aromatic amines is 1. The van der Waals surface area contributed by atoms with E-state index in [2.05, 4.69) is 33.5 Å². The lowest BCUT2D eigenvalue weighted by molar-refractivity contribution is -0.319. The van der Waals surface area contributed by atoms with Gasteiger partial charge in [-0.15, -0.1) is 0 Å². The monoisotopic (exact) mass is 561 g/mol. The summed E-state index contributed by atoms with van der Waals surface area (Å²) in [4.78, 5) is 50.3. The molecular weight excluding hydrogens is 522 g/mol. The number of nitrogens with one attached hydrogen (secondary N) is 2. The average Bonchev–Trinajstić information content (AvgIpc) is 3.68. The molecule has 218 valence electrons. The van der Waals surface area contributed by atoms with Gasteiger partial charge < -0.3 is 20.3 Å². The van der Waals surface area contributed by atoms with E-state index in [-0.39, 0.29) is 30.2 Å². The van der Waals surface area contributed by atoms with Gasteiger partial charge in [0, 0.05) is 42.7 Å². The third kappa shape index (κ3) is 3.56. The lowest BCUT2D eigenvalue weighted by atomic mass is 9.79. The molecule has 0 radical (unpaired) electrons. The highest BCUT2D eigenvalue weighted by atomic mass is 16.7. The summed E-state index contributed by atoms with van der Waals surface area (Å²) in [7, 11) is 2.03. The quantitative estimate of drug-likeness (QED) is 0.515. The molecule has 0 spiro atoms. The van der Waals surface area contributed by atoms with E-state index in [1.54, 1.807) is 11.8 Å². The summed E-state index contributed by atoms with van der Waals surface area (Å²) in [6, 6.07) is 4.85. The zero-order valence-corrected chi connectivity index (χ0v) is 24.1. The summed E-state index contributed by atoms with van der Waals surface area (Å²) in [6.45, 7) is 6.66. The molecule has 10 heteroatoms. The van der Waals surface area contributed by atoms with Gasteiger partial charge >= 0.3 is 0 Å². The zero-order chi connectivity index (χ0) is 28.8. The molecule has 4 aliphatic heterocycles. The summed E-state index contributed by atoms with van der Waals surface area (Å²) in [5, 5.41) is 16.2. The van der Waals surface area contributed by atoms with Gasteiger partial charge in [0.15, 0.2) is 0 Å². The number of aliphatic hydroxyl groups is 1. The van der Waals surface area contributed by atoms with Crippen LogP contribution in [-0.2, 0) is 25.5 Å². The fourth-order valence-corrected chi connectivity index (χ4v) is 7.96. The van der Waals surface area contributed by atoms with E-state index >= 15 is 0 Å². The Kier molecular flexibility index (Phi) is 5.95. The Bertz CT molecular complexity index is 1480. The smallest absolute Gasteiger partial charge is 0.281 e. The number of piperazine rings is 1. The molecule has 5 aliphatic rings. The molecule has 3 fully saturated rings. The first-order valence-corrected chi connectivity index (χ1v) is 15.0. The molecule has 1 aromatic carbocycles. The van der Waals surface area contributed by atoms with Crippen molar-refractivity contribution >= 4 is 34.2 Å². The molecule has 0 bridgehead atoms. The Morgan fingerprint density at radius 1 is 1.29 bits per heavy atom. The van der Waals surface area contributed by atoms with E-state index in [9.17, 15) is 19.5 Å². The van der Waals surface area contributed by atoms with Crippen LogP contribution >= 0.6 is 0 Å². The van der Waals surface area contributed by atoms with Crippen molar-refractivity contribution in [1.29, 1.82) is 0 Å². The van der Waals surface area contributed by atoms with Crippen molar-refractivity contribution in [2.24, 2.45) is 11.8 Å². The number of likely N-dealkylation sites (N-methyl/N-ethyl adjacent to an activating group) is 1. The maximum Gasteiger partial charge on any atom is 0.281 e. The molecule has 5 heterocycles. The second-order valence-corrected chi connectivity index (χ2v) is 12.6. The van der Waals surface area contributed by atoms with Crippen LogP contribution in [0.4, 0.5) is 0 Å². The number of carbonyl (C=O) groups is 3. The second kappa shape index (κ2) is 9.14. The van der Waals surface area contributed by atoms with Crippen LogP contribution in [0.25, 0.3) is 16.5 Å². The van der Waals surface area contributed by atoms with Crippen LogP contribution in [-0.4, -0.2) is 92.4 Å². The third-order valence-corrected chi connectivity index (χ3v) is 10.3. The number of benzene rings is 1. The molecule has 0 saturated carbocycles. The lowest BCUT2D eigenvalue weighted by Crippen LogP contribution is -2.72. The SMILES string of the molecule is CCC(C)C1C(=O)N2CCCC2C2(O)OC(CC)(NC(=O)C3C=C4c5cccc6[nH]cc(c56)CC4N(C)C3)C(=O)N12. The number of hydrogen-bond donors (Lipinski definition) is 3. The van der Waals surface area contributed by atoms with Gasteiger partial charge in [-0.1, -0.05) is 45.4 Å². The van der Waals surface area contributed by atoms with Crippen LogP contribution < -0.4 is 5.32 Å². The molecule has 10 nitrogen and oxygen atoms in total. The molecule has 3 saturated heterocycles. The van der Waals surface area contributed by atoms with E-state index < -0.39 is 35.5 Å². The number of rotatable bonds is 5. The van der Waals surface area contributed by atoms with Gasteiger partial charge in [-0.05, 0) is 55.0 Å². The highest BCUT2D eigenvalue weighted by molar-refractivity contribution is 6.01. The zero-order valence-electron chi connectivity index (χ0n) is 24.1. The van der Waals surface area contributed by atoms with Crippen LogP contribution in [0.5, 0.6) is 0 Å². The van der Waals surface area contributed by atoms with Gasteiger partial charge in [0.1, 0.15) is 12.1 Å². The Morgan fingerprint density at radius 3 is 2.85 bits per heavy atom. The molecule has 7 rings (SSSR count). The highest BCUT2D eigenvalue weighted by Crippen LogP contribution is 2.48. The molecule has 7 unspecified atom stereocenters. The van der Waals surface area contributed by atoms with Gasteiger partial charge in [0.2, 0.25) is 17.5 Å². The van der Waals surface area contributed by atoms with Crippen molar-refractivity contribution in [3.8, 4) is 0 Å². The Balaban J connectivity index is 1.23. The number of aromatic nitrogens is 1. The van der Waals surface area contributed by atoms with Crippen molar-refractivity contribution in [1.82, 2.24) is 25.0 Å². The second-order valence-electron chi connectivity index (χ2n) is 12.6. The van der Waals surface area contributed by atoms with Gasteiger partial charge in [-0.25, -0.2) is 0 Å². The van der Waals surface area contributed by atoms with E-state index in [1.165, 1.54) is 15.8 Å². The van der Waals surface area contributed by atoms with Crippen molar-refractivity contribution in [2.75, 3.05) is 20.1 Å². The number of carbonyl (C=O) groups excluding carboxylic acids is 3. The summed E-state index contributed by atoms with van der Waals surface area (Å²) in [6.07, 6.45) is 7.01. The van der Waals surface area contributed by atoms with E-state index in [1.807, 2.05) is 33.0 Å². The predicted molar refractivity (Wildman–Crippen MR) is 152 cm³/mol. The summed E-state index contributed by atoms with van der Waals surface area (Å²) in [5.74, 6) is -3.73. The fourth-order valence-electron chi connectivity index (χ4n) is 7.96. The van der Waals surface area contributed by atoms with Gasteiger partial charge in [-0.2, -0.15) is 0 Å². The minimum Gasteiger partial charge on any atom is -0.361 e. The maximum atomic E-state index is 14.2. The predicted octanol–water partition coefficient (Wildman–Crippen LogP) is 2.18. The molecule has 7 atom stereocenters. The maximum absolute atomic E-state index is 14.2. The standard InChI is InChI=1S/C31H39N5O5/c1-5-17(3)26-28(38)35-12-8-11-24(35)31(40)36(26)29(39)30(6-2,41-31)33-27(37)19-13-21-20-9-7-10-22-25(20)18(15-32-22)14-23(21)34(4)16-19/h7,9-10,13,15,17,19,23-24,26,32,40H,5-6,8,11-12,14,16H2,1-4H3,(H,33,37). The summed E-state index contributed by atoms with van der Waals surface area (Å²) in [5.41, 5.74) is 2.84. The molecule has 41 heavy (non-hydrogen) atoms. The molecule has 1 aliphatic carbocycles. The lowest BCUT2D eigenvalue weighted by Gasteiger charge is -2.50. The molecular formula is C31H39N5O5. The van der Waals surface area contributed by atoms with Crippen molar-refractivity contribution < 1.29 is 24.2 Å². The van der Waals surface area contributed by atoms with E-state index in [0.717, 1.165) is 29.5 Å². The van der Waals surface area contributed by atoms with Crippen LogP contribution in [0.1, 0.15) is 57.6 Å². The Labute approximate surface area is 239 Å². The summed E-state index contributed by atoms with van der Waals surface area (Å²) < 4.78 is 6.33. The van der Waals surface area contributed by atoms with Crippen molar-refractivity contribution in [3.05, 3.63) is 41.6 Å². The van der Waals surface area contributed by atoms with E-state index in [0.29, 0.717) is 25.9 Å². The number of hydrogen-bond acceptors (Lipinski definition) is 6. The van der Waals surface area contributed by atoms with Gasteiger partial charge in [-0.3, -0.25) is 28.9 Å². The Morgan fingerprint density at radius 2 is 2.10 bits per heavy atom. The number of fused-ring (bicyclic) bond motifs is 5. The highest BCUT2D eigenvalue weighted by Gasteiger charge is 2.71. The van der Waals surface area contributed by atoms with Gasteiger partial charge in [0.05, 0.1) is 5.92 Å². The third-order valence-electron chi connectivity index (χ3n) is 10.3. The number of ether oxygens (including phenoxy) is 1. The van der Waals surface area contributed by atoms with Crippen LogP contribution in [0.3, 0.4) is 0 Å². The first-order valence-electron chi connectivity index (χ1n) is 15.0. The van der Waals surface area contributed by atoms with Crippen molar-refractivity contribution in [3.63, 3.8) is 0 Å². The first-order chi connectivity index (χ1) is 19.6. The summed E-state index contributed by atoms with van der Waals surface area (Å²) >= 11 is 0. The normalized spacial score (nSPS) is 35.3. The molecule has 3 amide bonds. The van der Waals surface area contributed by atoms with Crippen LogP contribution in [0.15, 0.2) is 30.5 Å². The minimum absolute atomic E-state index is 0.123. The fraction of sp³-hybridized carbons (Fsp3) is 0.581. The largest absolute Gasteiger partial charge is 0.361 e. The number of nitrogens with zero attached hydrogens (tertiary/aromatic N) is 3. The van der Waals surface area contributed by atoms with Crippen LogP contribution in [0, 0.1) is 11.8 Å². The minimum atomic E-state index is -1.99. The molecule has 1 aromatic heterocycles. The van der Waals surface area contributed by atoms with Crippen LogP contribution in [0.2, 0.25) is 0 Å². The van der Waals surface area contributed by atoms with Gasteiger partial charge in [0.25, 0.3) is 11.8 Å². The number of H-pyrrole nitrogens is 1. The molecule has 2 aromatic rings. The average molecular weight is 562 g/mol.